The lowest BCUT2D eigenvalue weighted by molar-refractivity contribution is 0.0994. The van der Waals surface area contributed by atoms with Crippen LogP contribution in [0.3, 0.4) is 0 Å². The highest BCUT2D eigenvalue weighted by molar-refractivity contribution is 8.00. The summed E-state index contributed by atoms with van der Waals surface area (Å²) in [5.74, 6) is 0.160. The van der Waals surface area contributed by atoms with Crippen LogP contribution in [0.2, 0.25) is 5.02 Å². The minimum absolute atomic E-state index is 0.113. The fourth-order valence-corrected chi connectivity index (χ4v) is 2.97. The maximum atomic E-state index is 12.4. The van der Waals surface area contributed by atoms with E-state index in [1.165, 1.54) is 5.56 Å². The van der Waals surface area contributed by atoms with Crippen LogP contribution in [0, 0.1) is 13.8 Å². The number of rotatable bonds is 4. The molecular formula is C17H17ClOS. The van der Waals surface area contributed by atoms with Crippen LogP contribution < -0.4 is 0 Å². The first-order chi connectivity index (χ1) is 9.47. The van der Waals surface area contributed by atoms with Gasteiger partial charge in [-0.1, -0.05) is 23.7 Å². The van der Waals surface area contributed by atoms with E-state index in [0.717, 1.165) is 16.0 Å². The summed E-state index contributed by atoms with van der Waals surface area (Å²) in [7, 11) is 0. The fraction of sp³-hybridized carbons (Fsp3) is 0.235. The Morgan fingerprint density at radius 3 is 2.30 bits per heavy atom. The van der Waals surface area contributed by atoms with E-state index in [-0.39, 0.29) is 11.0 Å². The molecule has 2 aromatic rings. The maximum absolute atomic E-state index is 12.4. The number of aryl methyl sites for hydroxylation is 2. The molecule has 2 rings (SSSR count). The molecule has 104 valence electrons. The Kier molecular flexibility index (Phi) is 4.90. The van der Waals surface area contributed by atoms with Gasteiger partial charge >= 0.3 is 0 Å². The van der Waals surface area contributed by atoms with Crippen molar-refractivity contribution in [2.24, 2.45) is 0 Å². The van der Waals surface area contributed by atoms with Gasteiger partial charge in [0.2, 0.25) is 0 Å². The molecule has 0 aliphatic heterocycles. The molecule has 1 unspecified atom stereocenters. The first kappa shape index (κ1) is 15.1. The number of hydrogen-bond donors (Lipinski definition) is 0. The average molecular weight is 305 g/mol. The Bertz CT molecular complexity index is 619. The van der Waals surface area contributed by atoms with Gasteiger partial charge in [0.15, 0.2) is 5.78 Å². The number of hydrogen-bond acceptors (Lipinski definition) is 2. The first-order valence-electron chi connectivity index (χ1n) is 6.51. The average Bonchev–Trinajstić information content (AvgIpc) is 2.43. The topological polar surface area (TPSA) is 17.1 Å². The second-order valence-corrected chi connectivity index (χ2v) is 6.73. The van der Waals surface area contributed by atoms with E-state index in [1.807, 2.05) is 56.3 Å². The summed E-state index contributed by atoms with van der Waals surface area (Å²) >= 11 is 7.42. The standard InChI is InChI=1S/C17H17ClOS/c1-11-4-5-14(10-12(11)2)17(19)13(3)20-16-8-6-15(18)7-9-16/h4-10,13H,1-3H3. The Morgan fingerprint density at radius 2 is 1.70 bits per heavy atom. The number of carbonyl (C=O) groups excluding carboxylic acids is 1. The van der Waals surface area contributed by atoms with Crippen LogP contribution in [-0.2, 0) is 0 Å². The van der Waals surface area contributed by atoms with Crippen molar-refractivity contribution in [3.05, 3.63) is 64.2 Å². The molecule has 0 aliphatic carbocycles. The number of halogens is 1. The van der Waals surface area contributed by atoms with Gasteiger partial charge in [-0.15, -0.1) is 11.8 Å². The van der Waals surface area contributed by atoms with Gasteiger partial charge in [0.25, 0.3) is 0 Å². The third kappa shape index (κ3) is 3.65. The molecule has 20 heavy (non-hydrogen) atoms. The van der Waals surface area contributed by atoms with Crippen molar-refractivity contribution in [1.82, 2.24) is 0 Å². The minimum atomic E-state index is -0.113. The number of ketones is 1. The van der Waals surface area contributed by atoms with Crippen molar-refractivity contribution >= 4 is 29.1 Å². The van der Waals surface area contributed by atoms with E-state index in [9.17, 15) is 4.79 Å². The highest BCUT2D eigenvalue weighted by Gasteiger charge is 2.16. The Morgan fingerprint density at radius 1 is 1.05 bits per heavy atom. The van der Waals surface area contributed by atoms with Crippen molar-refractivity contribution in [3.8, 4) is 0 Å². The lowest BCUT2D eigenvalue weighted by atomic mass is 10.0. The number of Topliss-reactive ketones (excluding diaryl/α,β-unsaturated/α-hetero) is 1. The van der Waals surface area contributed by atoms with Gasteiger partial charge in [-0.3, -0.25) is 4.79 Å². The van der Waals surface area contributed by atoms with E-state index in [0.29, 0.717) is 5.02 Å². The van der Waals surface area contributed by atoms with E-state index in [4.69, 9.17) is 11.6 Å². The molecule has 0 N–H and O–H groups in total. The van der Waals surface area contributed by atoms with Crippen molar-refractivity contribution in [2.45, 2.75) is 30.9 Å². The van der Waals surface area contributed by atoms with Crippen LogP contribution in [0.15, 0.2) is 47.4 Å². The monoisotopic (exact) mass is 304 g/mol. The molecule has 0 fully saturated rings. The molecule has 0 saturated carbocycles. The van der Waals surface area contributed by atoms with Crippen LogP contribution in [-0.4, -0.2) is 11.0 Å². The molecule has 1 nitrogen and oxygen atoms in total. The lowest BCUT2D eigenvalue weighted by Crippen LogP contribution is -2.13. The van der Waals surface area contributed by atoms with E-state index in [2.05, 4.69) is 6.92 Å². The summed E-state index contributed by atoms with van der Waals surface area (Å²) in [5, 5.41) is 0.598. The van der Waals surface area contributed by atoms with Gasteiger partial charge in [0, 0.05) is 15.5 Å². The molecule has 0 radical (unpaired) electrons. The zero-order chi connectivity index (χ0) is 14.7. The molecular weight excluding hydrogens is 288 g/mol. The number of thioether (sulfide) groups is 1. The summed E-state index contributed by atoms with van der Waals surface area (Å²) in [6.07, 6.45) is 0. The number of carbonyl (C=O) groups is 1. The SMILES string of the molecule is Cc1ccc(C(=O)C(C)Sc2ccc(Cl)cc2)cc1C. The van der Waals surface area contributed by atoms with Crippen molar-refractivity contribution < 1.29 is 4.79 Å². The van der Waals surface area contributed by atoms with E-state index < -0.39 is 0 Å². The molecule has 0 aromatic heterocycles. The molecule has 0 heterocycles. The second-order valence-electron chi connectivity index (χ2n) is 4.88. The summed E-state index contributed by atoms with van der Waals surface area (Å²) in [4.78, 5) is 13.5. The zero-order valence-corrected chi connectivity index (χ0v) is 13.4. The predicted octanol–water partition coefficient (Wildman–Crippen LogP) is 5.32. The third-order valence-electron chi connectivity index (χ3n) is 3.29. The number of benzene rings is 2. The Hall–Kier alpha value is -1.25. The quantitative estimate of drug-likeness (QED) is 0.561. The molecule has 0 bridgehead atoms. The summed E-state index contributed by atoms with van der Waals surface area (Å²) in [6, 6.07) is 13.4. The van der Waals surface area contributed by atoms with Gasteiger partial charge in [-0.2, -0.15) is 0 Å². The molecule has 0 aliphatic rings. The Labute approximate surface area is 129 Å². The fourth-order valence-electron chi connectivity index (χ4n) is 1.90. The van der Waals surface area contributed by atoms with Crippen molar-refractivity contribution in [3.63, 3.8) is 0 Å². The minimum Gasteiger partial charge on any atom is -0.293 e. The van der Waals surface area contributed by atoms with Crippen LogP contribution in [0.5, 0.6) is 0 Å². The van der Waals surface area contributed by atoms with Gasteiger partial charge < -0.3 is 0 Å². The Balaban J connectivity index is 2.11. The normalized spacial score (nSPS) is 12.2. The second kappa shape index (κ2) is 6.47. The molecule has 0 spiro atoms. The van der Waals surface area contributed by atoms with Crippen LogP contribution in [0.25, 0.3) is 0 Å². The van der Waals surface area contributed by atoms with Crippen LogP contribution >= 0.6 is 23.4 Å². The van der Waals surface area contributed by atoms with Crippen molar-refractivity contribution in [2.75, 3.05) is 0 Å². The van der Waals surface area contributed by atoms with Gasteiger partial charge in [0.05, 0.1) is 5.25 Å². The smallest absolute Gasteiger partial charge is 0.175 e. The molecule has 2 aromatic carbocycles. The van der Waals surface area contributed by atoms with Gasteiger partial charge in [-0.25, -0.2) is 0 Å². The lowest BCUT2D eigenvalue weighted by Gasteiger charge is -2.11. The van der Waals surface area contributed by atoms with Crippen LogP contribution in [0.4, 0.5) is 0 Å². The highest BCUT2D eigenvalue weighted by atomic mass is 35.5. The van der Waals surface area contributed by atoms with Crippen LogP contribution in [0.1, 0.15) is 28.4 Å². The predicted molar refractivity (Wildman–Crippen MR) is 87.0 cm³/mol. The van der Waals surface area contributed by atoms with E-state index >= 15 is 0 Å². The molecule has 1 atom stereocenters. The molecule has 3 heteroatoms. The highest BCUT2D eigenvalue weighted by Crippen LogP contribution is 2.27. The zero-order valence-electron chi connectivity index (χ0n) is 11.8. The largest absolute Gasteiger partial charge is 0.293 e. The third-order valence-corrected chi connectivity index (χ3v) is 4.65. The molecule has 0 amide bonds. The molecule has 0 saturated heterocycles. The maximum Gasteiger partial charge on any atom is 0.175 e. The summed E-state index contributed by atoms with van der Waals surface area (Å²) < 4.78 is 0. The van der Waals surface area contributed by atoms with Gasteiger partial charge in [0.1, 0.15) is 0 Å². The first-order valence-corrected chi connectivity index (χ1v) is 7.77. The summed E-state index contributed by atoms with van der Waals surface area (Å²) in [6.45, 7) is 6.02. The van der Waals surface area contributed by atoms with Gasteiger partial charge in [-0.05, 0) is 62.2 Å². The summed E-state index contributed by atoms with van der Waals surface area (Å²) in [5.41, 5.74) is 3.14. The van der Waals surface area contributed by atoms with Crippen molar-refractivity contribution in [1.29, 1.82) is 0 Å². The van der Waals surface area contributed by atoms with E-state index in [1.54, 1.807) is 11.8 Å².